The van der Waals surface area contributed by atoms with E-state index >= 15 is 0 Å². The Bertz CT molecular complexity index is 495. The second-order valence-corrected chi connectivity index (χ2v) is 5.68. The molecule has 0 aliphatic carbocycles. The van der Waals surface area contributed by atoms with Crippen LogP contribution in [0.25, 0.3) is 0 Å². The molecule has 1 saturated heterocycles. The highest BCUT2D eigenvalue weighted by molar-refractivity contribution is 5.76. The van der Waals surface area contributed by atoms with Gasteiger partial charge in [-0.25, -0.2) is 0 Å². The molecule has 0 aromatic carbocycles. The topological polar surface area (TPSA) is 42.3 Å². The zero-order chi connectivity index (χ0) is 14.4. The number of hydrogen-bond acceptors (Lipinski definition) is 3. The van der Waals surface area contributed by atoms with Crippen LogP contribution in [0.5, 0.6) is 0 Å². The number of aromatic nitrogens is 1. The van der Waals surface area contributed by atoms with Crippen LogP contribution in [0.2, 0.25) is 0 Å². The van der Waals surface area contributed by atoms with Crippen molar-refractivity contribution in [3.63, 3.8) is 0 Å². The standard InChI is InChI=1S/C16H24N2O2/c1-14(19)13-15-7-3-2-5-9-17(15)11-12-18-10-6-4-8-16(18)20/h4,6,8,10,15H,2-3,5,7,9,11-13H2,1H3. The Morgan fingerprint density at radius 1 is 1.25 bits per heavy atom. The lowest BCUT2D eigenvalue weighted by Crippen LogP contribution is -2.39. The Morgan fingerprint density at radius 3 is 2.85 bits per heavy atom. The number of rotatable bonds is 5. The molecule has 0 amide bonds. The van der Waals surface area contributed by atoms with Gasteiger partial charge >= 0.3 is 0 Å². The van der Waals surface area contributed by atoms with Crippen molar-refractivity contribution in [1.82, 2.24) is 9.47 Å². The Labute approximate surface area is 120 Å². The number of pyridine rings is 1. The highest BCUT2D eigenvalue weighted by atomic mass is 16.1. The summed E-state index contributed by atoms with van der Waals surface area (Å²) in [7, 11) is 0. The van der Waals surface area contributed by atoms with Crippen molar-refractivity contribution in [1.29, 1.82) is 0 Å². The summed E-state index contributed by atoms with van der Waals surface area (Å²) >= 11 is 0. The van der Waals surface area contributed by atoms with Crippen molar-refractivity contribution < 1.29 is 4.79 Å². The lowest BCUT2D eigenvalue weighted by molar-refractivity contribution is -0.118. The second kappa shape index (κ2) is 7.39. The molecular formula is C16H24N2O2. The van der Waals surface area contributed by atoms with Gasteiger partial charge in [-0.3, -0.25) is 14.5 Å². The molecule has 1 aromatic heterocycles. The molecule has 0 saturated carbocycles. The predicted octanol–water partition coefficient (Wildman–Crippen LogP) is 2.07. The first-order chi connectivity index (χ1) is 9.66. The predicted molar refractivity (Wildman–Crippen MR) is 79.8 cm³/mol. The Balaban J connectivity index is 1.98. The van der Waals surface area contributed by atoms with E-state index in [9.17, 15) is 9.59 Å². The summed E-state index contributed by atoms with van der Waals surface area (Å²) < 4.78 is 1.75. The minimum absolute atomic E-state index is 0.0467. The van der Waals surface area contributed by atoms with E-state index in [1.54, 1.807) is 23.6 Å². The van der Waals surface area contributed by atoms with E-state index < -0.39 is 0 Å². The van der Waals surface area contributed by atoms with Gasteiger partial charge in [-0.2, -0.15) is 0 Å². The van der Waals surface area contributed by atoms with E-state index in [1.165, 1.54) is 19.3 Å². The van der Waals surface area contributed by atoms with Gasteiger partial charge in [0, 0.05) is 37.8 Å². The van der Waals surface area contributed by atoms with Crippen LogP contribution in [0.3, 0.4) is 0 Å². The summed E-state index contributed by atoms with van der Waals surface area (Å²) in [6.45, 7) is 4.26. The Kier molecular flexibility index (Phi) is 5.53. The average molecular weight is 276 g/mol. The first kappa shape index (κ1) is 15.0. The number of carbonyl (C=O) groups is 1. The smallest absolute Gasteiger partial charge is 0.250 e. The first-order valence-corrected chi connectivity index (χ1v) is 7.56. The van der Waals surface area contributed by atoms with Crippen molar-refractivity contribution in [2.45, 2.75) is 51.6 Å². The van der Waals surface area contributed by atoms with E-state index in [1.807, 2.05) is 12.3 Å². The van der Waals surface area contributed by atoms with Gasteiger partial charge in [0.1, 0.15) is 5.78 Å². The van der Waals surface area contributed by atoms with Gasteiger partial charge in [0.2, 0.25) is 0 Å². The van der Waals surface area contributed by atoms with Crippen molar-refractivity contribution in [3.05, 3.63) is 34.7 Å². The molecule has 0 bridgehead atoms. The molecular weight excluding hydrogens is 252 g/mol. The van der Waals surface area contributed by atoms with E-state index in [4.69, 9.17) is 0 Å². The largest absolute Gasteiger partial charge is 0.314 e. The van der Waals surface area contributed by atoms with Crippen LogP contribution in [0.15, 0.2) is 29.2 Å². The van der Waals surface area contributed by atoms with Gasteiger partial charge in [-0.15, -0.1) is 0 Å². The quantitative estimate of drug-likeness (QED) is 0.827. The summed E-state index contributed by atoms with van der Waals surface area (Å²) in [5.74, 6) is 0.263. The minimum Gasteiger partial charge on any atom is -0.314 e. The van der Waals surface area contributed by atoms with Crippen LogP contribution in [0.4, 0.5) is 0 Å². The number of nitrogens with zero attached hydrogens (tertiary/aromatic N) is 2. The maximum Gasteiger partial charge on any atom is 0.250 e. The average Bonchev–Trinajstić information content (AvgIpc) is 2.63. The summed E-state index contributed by atoms with van der Waals surface area (Å²) in [6.07, 6.45) is 7.22. The fourth-order valence-corrected chi connectivity index (χ4v) is 2.98. The maximum absolute atomic E-state index is 11.7. The molecule has 1 fully saturated rings. The van der Waals surface area contributed by atoms with Crippen LogP contribution in [0.1, 0.15) is 39.0 Å². The van der Waals surface area contributed by atoms with Crippen molar-refractivity contribution in [3.8, 4) is 0 Å². The normalized spacial score (nSPS) is 20.6. The van der Waals surface area contributed by atoms with E-state index in [2.05, 4.69) is 4.90 Å². The van der Waals surface area contributed by atoms with E-state index in [0.717, 1.165) is 19.5 Å². The zero-order valence-electron chi connectivity index (χ0n) is 12.3. The first-order valence-electron chi connectivity index (χ1n) is 7.56. The fourth-order valence-electron chi connectivity index (χ4n) is 2.98. The Hall–Kier alpha value is -1.42. The molecule has 4 nitrogen and oxygen atoms in total. The molecule has 110 valence electrons. The Morgan fingerprint density at radius 2 is 2.10 bits per heavy atom. The second-order valence-electron chi connectivity index (χ2n) is 5.68. The van der Waals surface area contributed by atoms with Gasteiger partial charge in [0.25, 0.3) is 5.56 Å². The molecule has 1 aromatic rings. The van der Waals surface area contributed by atoms with Crippen LogP contribution in [0, 0.1) is 0 Å². The van der Waals surface area contributed by atoms with Crippen LogP contribution in [-0.2, 0) is 11.3 Å². The lowest BCUT2D eigenvalue weighted by Gasteiger charge is -2.29. The number of likely N-dealkylation sites (tertiary alicyclic amines) is 1. The van der Waals surface area contributed by atoms with Crippen molar-refractivity contribution in [2.24, 2.45) is 0 Å². The van der Waals surface area contributed by atoms with Crippen LogP contribution >= 0.6 is 0 Å². The van der Waals surface area contributed by atoms with Gasteiger partial charge in [0.15, 0.2) is 0 Å². The summed E-state index contributed by atoms with van der Waals surface area (Å²) in [5, 5.41) is 0. The summed E-state index contributed by atoms with van der Waals surface area (Å²) in [4.78, 5) is 25.5. The molecule has 2 rings (SSSR count). The highest BCUT2D eigenvalue weighted by Crippen LogP contribution is 2.19. The molecule has 0 radical (unpaired) electrons. The minimum atomic E-state index is 0.0467. The van der Waals surface area contributed by atoms with E-state index in [-0.39, 0.29) is 11.3 Å². The van der Waals surface area contributed by atoms with Gasteiger partial charge in [-0.05, 0) is 32.4 Å². The molecule has 1 aliphatic heterocycles. The number of ketones is 1. The van der Waals surface area contributed by atoms with Crippen molar-refractivity contribution in [2.75, 3.05) is 13.1 Å². The maximum atomic E-state index is 11.7. The molecule has 20 heavy (non-hydrogen) atoms. The molecule has 0 N–H and O–H groups in total. The third kappa shape index (κ3) is 4.30. The third-order valence-electron chi connectivity index (χ3n) is 4.05. The molecule has 1 unspecified atom stereocenters. The fraction of sp³-hybridized carbons (Fsp3) is 0.625. The van der Waals surface area contributed by atoms with Crippen LogP contribution < -0.4 is 5.56 Å². The zero-order valence-corrected chi connectivity index (χ0v) is 12.3. The number of Topliss-reactive ketones (excluding diaryl/α,β-unsaturated/α-hetero) is 1. The summed E-state index contributed by atoms with van der Waals surface area (Å²) in [5.41, 5.74) is 0.0467. The van der Waals surface area contributed by atoms with Gasteiger partial charge < -0.3 is 4.57 Å². The monoisotopic (exact) mass is 276 g/mol. The molecule has 0 spiro atoms. The lowest BCUT2D eigenvalue weighted by atomic mass is 10.0. The highest BCUT2D eigenvalue weighted by Gasteiger charge is 2.21. The van der Waals surface area contributed by atoms with Gasteiger partial charge in [-0.1, -0.05) is 18.9 Å². The van der Waals surface area contributed by atoms with Crippen molar-refractivity contribution >= 4 is 5.78 Å². The van der Waals surface area contributed by atoms with Crippen LogP contribution in [-0.4, -0.2) is 34.4 Å². The van der Waals surface area contributed by atoms with E-state index in [0.29, 0.717) is 19.0 Å². The SMILES string of the molecule is CC(=O)CC1CCCCCN1CCn1ccccc1=O. The molecule has 2 heterocycles. The number of carbonyl (C=O) groups excluding carboxylic acids is 1. The molecule has 4 heteroatoms. The third-order valence-corrected chi connectivity index (χ3v) is 4.05. The van der Waals surface area contributed by atoms with Gasteiger partial charge in [0.05, 0.1) is 0 Å². The molecule has 1 atom stereocenters. The summed E-state index contributed by atoms with van der Waals surface area (Å²) in [6, 6.07) is 5.60. The number of hydrogen-bond donors (Lipinski definition) is 0. The molecule has 1 aliphatic rings.